The zero-order chi connectivity index (χ0) is 20.0. The van der Waals surface area contributed by atoms with Crippen molar-refractivity contribution in [2.24, 2.45) is 13.0 Å². The fourth-order valence-corrected chi connectivity index (χ4v) is 3.35. The van der Waals surface area contributed by atoms with Gasteiger partial charge in [0.05, 0.1) is 7.11 Å². The van der Waals surface area contributed by atoms with E-state index in [1.54, 1.807) is 18.7 Å². The van der Waals surface area contributed by atoms with E-state index in [9.17, 15) is 4.79 Å². The van der Waals surface area contributed by atoms with Crippen molar-refractivity contribution in [1.29, 1.82) is 0 Å². The van der Waals surface area contributed by atoms with Crippen LogP contribution in [0.15, 0.2) is 35.3 Å². The van der Waals surface area contributed by atoms with Crippen molar-refractivity contribution in [2.45, 2.75) is 27.3 Å². The Kier molecular flexibility index (Phi) is 7.63. The molecule has 148 valence electrons. The quantitative estimate of drug-likeness (QED) is 0.736. The zero-order valence-corrected chi connectivity index (χ0v) is 17.5. The second-order valence-electron chi connectivity index (χ2n) is 7.59. The van der Waals surface area contributed by atoms with Crippen LogP contribution < -0.4 is 15.6 Å². The molecule has 0 aliphatic heterocycles. The van der Waals surface area contributed by atoms with Crippen LogP contribution in [0.2, 0.25) is 0 Å². The van der Waals surface area contributed by atoms with Crippen molar-refractivity contribution in [1.82, 2.24) is 14.8 Å². The number of likely N-dealkylation sites (N-methyl/N-ethyl adjacent to an activating group) is 1. The van der Waals surface area contributed by atoms with Gasteiger partial charge >= 0.3 is 0 Å². The number of hydrogen-bond donors (Lipinski definition) is 1. The van der Waals surface area contributed by atoms with Crippen molar-refractivity contribution in [2.75, 3.05) is 33.8 Å². The lowest BCUT2D eigenvalue weighted by Gasteiger charge is -2.25. The molecule has 0 bridgehead atoms. The van der Waals surface area contributed by atoms with Crippen LogP contribution in [0.4, 0.5) is 0 Å². The van der Waals surface area contributed by atoms with Crippen LogP contribution >= 0.6 is 0 Å². The third-order valence-electron chi connectivity index (χ3n) is 4.68. The van der Waals surface area contributed by atoms with E-state index in [4.69, 9.17) is 4.74 Å². The Hall–Kier alpha value is -2.11. The highest BCUT2D eigenvalue weighted by atomic mass is 16.5. The van der Waals surface area contributed by atoms with E-state index in [-0.39, 0.29) is 5.56 Å². The van der Waals surface area contributed by atoms with Gasteiger partial charge in [0.2, 0.25) is 0 Å². The molecule has 0 radical (unpaired) electrons. The molecule has 0 aliphatic rings. The first-order valence-electron chi connectivity index (χ1n) is 9.57. The number of ether oxygens (including phenoxy) is 1. The van der Waals surface area contributed by atoms with Gasteiger partial charge in [-0.25, -0.2) is 0 Å². The van der Waals surface area contributed by atoms with Crippen molar-refractivity contribution in [3.63, 3.8) is 0 Å². The lowest BCUT2D eigenvalue weighted by atomic mass is 10.0. The Morgan fingerprint density at radius 1 is 1.22 bits per heavy atom. The number of nitrogens with one attached hydrogen (secondary N) is 1. The van der Waals surface area contributed by atoms with Crippen molar-refractivity contribution in [3.8, 4) is 16.9 Å². The van der Waals surface area contributed by atoms with E-state index in [2.05, 4.69) is 42.3 Å². The van der Waals surface area contributed by atoms with E-state index in [0.29, 0.717) is 5.92 Å². The molecule has 0 spiro atoms. The maximum atomic E-state index is 12.0. The van der Waals surface area contributed by atoms with Crippen LogP contribution in [0, 0.1) is 12.8 Å². The standard InChI is InChI=1S/C22H33N3O2/c1-16(2)13-25(10-9-23-4)15-19-8-7-18(12-21(19)27-6)20-11-17(3)22(26)24(5)14-20/h7-8,11-12,14,16,23H,9-10,13,15H2,1-6H3. The molecule has 0 amide bonds. The highest BCUT2D eigenvalue weighted by Gasteiger charge is 2.13. The van der Waals surface area contributed by atoms with Crippen molar-refractivity contribution >= 4 is 0 Å². The number of pyridine rings is 1. The van der Waals surface area contributed by atoms with Gasteiger partial charge in [-0.05, 0) is 43.1 Å². The van der Waals surface area contributed by atoms with Gasteiger partial charge in [-0.15, -0.1) is 0 Å². The van der Waals surface area contributed by atoms with E-state index < -0.39 is 0 Å². The summed E-state index contributed by atoms with van der Waals surface area (Å²) in [6.07, 6.45) is 1.88. The minimum Gasteiger partial charge on any atom is -0.496 e. The first-order valence-corrected chi connectivity index (χ1v) is 9.57. The van der Waals surface area contributed by atoms with Crippen LogP contribution in [0.1, 0.15) is 25.0 Å². The van der Waals surface area contributed by atoms with Gasteiger partial charge in [0, 0.05) is 50.6 Å². The molecule has 0 unspecified atom stereocenters. The Labute approximate surface area is 163 Å². The minimum absolute atomic E-state index is 0.0381. The topological polar surface area (TPSA) is 46.5 Å². The molecule has 2 rings (SSSR count). The monoisotopic (exact) mass is 371 g/mol. The zero-order valence-electron chi connectivity index (χ0n) is 17.5. The van der Waals surface area contributed by atoms with Crippen LogP contribution in [0.3, 0.4) is 0 Å². The molecular formula is C22H33N3O2. The molecule has 2 aromatic rings. The second-order valence-corrected chi connectivity index (χ2v) is 7.59. The Balaban J connectivity index is 2.31. The predicted octanol–water partition coefficient (Wildman–Crippen LogP) is 3.05. The number of hydrogen-bond acceptors (Lipinski definition) is 4. The van der Waals surface area contributed by atoms with Crippen molar-refractivity contribution in [3.05, 3.63) is 51.9 Å². The molecule has 0 aliphatic carbocycles. The molecule has 5 heteroatoms. The number of aryl methyl sites for hydroxylation is 2. The highest BCUT2D eigenvalue weighted by Crippen LogP contribution is 2.28. The Morgan fingerprint density at radius 2 is 1.96 bits per heavy atom. The first-order chi connectivity index (χ1) is 12.8. The van der Waals surface area contributed by atoms with E-state index in [1.165, 1.54) is 5.56 Å². The normalized spacial score (nSPS) is 11.4. The lowest BCUT2D eigenvalue weighted by molar-refractivity contribution is 0.234. The van der Waals surface area contributed by atoms with Crippen molar-refractivity contribution < 1.29 is 4.74 Å². The third-order valence-corrected chi connectivity index (χ3v) is 4.68. The molecule has 27 heavy (non-hydrogen) atoms. The summed E-state index contributed by atoms with van der Waals surface area (Å²) in [7, 11) is 5.49. The number of aromatic nitrogens is 1. The van der Waals surface area contributed by atoms with Gasteiger partial charge < -0.3 is 14.6 Å². The summed E-state index contributed by atoms with van der Waals surface area (Å²) in [6, 6.07) is 8.26. The summed E-state index contributed by atoms with van der Waals surface area (Å²) in [5, 5.41) is 3.23. The van der Waals surface area contributed by atoms with Gasteiger partial charge in [0.15, 0.2) is 0 Å². The van der Waals surface area contributed by atoms with Crippen LogP contribution in [-0.2, 0) is 13.6 Å². The maximum absolute atomic E-state index is 12.0. The van der Waals surface area contributed by atoms with Gasteiger partial charge in [-0.1, -0.05) is 26.0 Å². The Morgan fingerprint density at radius 3 is 2.56 bits per heavy atom. The van der Waals surface area contributed by atoms with Gasteiger partial charge in [0.25, 0.3) is 5.56 Å². The molecule has 0 atom stereocenters. The molecule has 5 nitrogen and oxygen atoms in total. The SMILES string of the molecule is CNCCN(Cc1ccc(-c2cc(C)c(=O)n(C)c2)cc1OC)CC(C)C. The molecule has 1 aromatic carbocycles. The summed E-state index contributed by atoms with van der Waals surface area (Å²) in [6.45, 7) is 10.2. The second kappa shape index (κ2) is 9.72. The third kappa shape index (κ3) is 5.68. The summed E-state index contributed by atoms with van der Waals surface area (Å²) in [5.74, 6) is 1.50. The van der Waals surface area contributed by atoms with Gasteiger partial charge in [0.1, 0.15) is 5.75 Å². The molecule has 0 saturated heterocycles. The van der Waals surface area contributed by atoms with E-state index in [1.807, 2.05) is 26.2 Å². The number of benzene rings is 1. The highest BCUT2D eigenvalue weighted by molar-refractivity contribution is 5.66. The largest absolute Gasteiger partial charge is 0.496 e. The fourth-order valence-electron chi connectivity index (χ4n) is 3.35. The Bertz CT molecular complexity index is 785. The molecule has 1 heterocycles. The summed E-state index contributed by atoms with van der Waals surface area (Å²) < 4.78 is 7.32. The predicted molar refractivity (Wildman–Crippen MR) is 112 cm³/mol. The van der Waals surface area contributed by atoms with Gasteiger partial charge in [-0.2, -0.15) is 0 Å². The molecule has 0 fully saturated rings. The fraction of sp³-hybridized carbons (Fsp3) is 0.500. The maximum Gasteiger partial charge on any atom is 0.253 e. The summed E-state index contributed by atoms with van der Waals surface area (Å²) in [4.78, 5) is 14.4. The van der Waals surface area contributed by atoms with Gasteiger partial charge in [-0.3, -0.25) is 9.69 Å². The number of methoxy groups -OCH3 is 1. The first kappa shape index (κ1) is 21.2. The average Bonchev–Trinajstić information content (AvgIpc) is 2.63. The van der Waals surface area contributed by atoms with Crippen LogP contribution in [0.5, 0.6) is 5.75 Å². The van der Waals surface area contributed by atoms with Crippen LogP contribution in [-0.4, -0.2) is 43.3 Å². The molecular weight excluding hydrogens is 338 g/mol. The van der Waals surface area contributed by atoms with Crippen LogP contribution in [0.25, 0.3) is 11.1 Å². The number of rotatable bonds is 9. The molecule has 1 aromatic heterocycles. The smallest absolute Gasteiger partial charge is 0.253 e. The van der Waals surface area contributed by atoms with E-state index in [0.717, 1.165) is 48.6 Å². The van der Waals surface area contributed by atoms with E-state index >= 15 is 0 Å². The molecule has 0 saturated carbocycles. The summed E-state index contributed by atoms with van der Waals surface area (Å²) in [5.41, 5.74) is 4.04. The lowest BCUT2D eigenvalue weighted by Crippen LogP contribution is -2.33. The minimum atomic E-state index is 0.0381. The molecule has 1 N–H and O–H groups in total. The summed E-state index contributed by atoms with van der Waals surface area (Å²) >= 11 is 0. The number of nitrogens with zero attached hydrogens (tertiary/aromatic N) is 2. The average molecular weight is 372 g/mol.